The number of aliphatic hydroxyl groups is 1. The molecule has 0 aromatic carbocycles. The van der Waals surface area contributed by atoms with Crippen LogP contribution < -0.4 is 10.1 Å². The number of rotatable bonds is 9. The van der Waals surface area contributed by atoms with Crippen LogP contribution in [-0.2, 0) is 11.3 Å². The zero-order valence-electron chi connectivity index (χ0n) is 12.3. The molecule has 5 nitrogen and oxygen atoms in total. The first kappa shape index (κ1) is 16.4. The Labute approximate surface area is 120 Å². The van der Waals surface area contributed by atoms with Gasteiger partial charge < -0.3 is 15.2 Å². The number of hydrogen-bond acceptors (Lipinski definition) is 4. The molecule has 1 atom stereocenters. The van der Waals surface area contributed by atoms with Crippen LogP contribution in [0.4, 0.5) is 0 Å². The number of ether oxygens (including phenoxy) is 1. The van der Waals surface area contributed by atoms with Crippen LogP contribution in [0, 0.1) is 5.92 Å². The Bertz CT molecular complexity index is 406. The van der Waals surface area contributed by atoms with Crippen LogP contribution in [-0.4, -0.2) is 29.2 Å². The summed E-state index contributed by atoms with van der Waals surface area (Å²) in [4.78, 5) is 16.0. The first-order valence-electron chi connectivity index (χ1n) is 7.18. The molecule has 1 unspecified atom stereocenters. The van der Waals surface area contributed by atoms with Crippen LogP contribution in [0.25, 0.3) is 0 Å². The maximum absolute atomic E-state index is 11.8. The zero-order chi connectivity index (χ0) is 14.8. The SMILES string of the molecule is CCCCOc1ncccc1CNC(=O)C(CC)CO. The number of nitrogens with one attached hydrogen (secondary N) is 1. The first-order valence-corrected chi connectivity index (χ1v) is 7.18. The number of amides is 1. The minimum atomic E-state index is -0.351. The molecule has 0 fully saturated rings. The van der Waals surface area contributed by atoms with Gasteiger partial charge in [0, 0.05) is 18.3 Å². The largest absolute Gasteiger partial charge is 0.477 e. The van der Waals surface area contributed by atoms with E-state index in [9.17, 15) is 4.79 Å². The molecule has 1 aromatic heterocycles. The summed E-state index contributed by atoms with van der Waals surface area (Å²) in [6.45, 7) is 4.84. The molecule has 0 aliphatic carbocycles. The van der Waals surface area contributed by atoms with E-state index in [0.29, 0.717) is 25.5 Å². The minimum Gasteiger partial charge on any atom is -0.477 e. The molecule has 2 N–H and O–H groups in total. The highest BCUT2D eigenvalue weighted by Gasteiger charge is 2.15. The lowest BCUT2D eigenvalue weighted by Gasteiger charge is -2.14. The zero-order valence-corrected chi connectivity index (χ0v) is 12.3. The lowest BCUT2D eigenvalue weighted by atomic mass is 10.1. The fraction of sp³-hybridized carbons (Fsp3) is 0.600. The summed E-state index contributed by atoms with van der Waals surface area (Å²) in [7, 11) is 0. The van der Waals surface area contributed by atoms with Crippen molar-refractivity contribution in [2.45, 2.75) is 39.7 Å². The number of nitrogens with zero attached hydrogens (tertiary/aromatic N) is 1. The molecule has 1 heterocycles. The van der Waals surface area contributed by atoms with Crippen molar-refractivity contribution in [2.75, 3.05) is 13.2 Å². The monoisotopic (exact) mass is 280 g/mol. The van der Waals surface area contributed by atoms with Gasteiger partial charge in [-0.15, -0.1) is 0 Å². The third-order valence-electron chi connectivity index (χ3n) is 3.12. The van der Waals surface area contributed by atoms with E-state index in [1.807, 2.05) is 19.1 Å². The van der Waals surface area contributed by atoms with Crippen molar-refractivity contribution in [3.63, 3.8) is 0 Å². The summed E-state index contributed by atoms with van der Waals surface area (Å²) >= 11 is 0. The van der Waals surface area contributed by atoms with Gasteiger partial charge in [0.2, 0.25) is 11.8 Å². The third kappa shape index (κ3) is 5.17. The van der Waals surface area contributed by atoms with Crippen LogP contribution in [0.2, 0.25) is 0 Å². The summed E-state index contributed by atoms with van der Waals surface area (Å²) in [5.41, 5.74) is 0.852. The quantitative estimate of drug-likeness (QED) is 0.678. The van der Waals surface area contributed by atoms with Gasteiger partial charge in [-0.3, -0.25) is 4.79 Å². The number of aromatic nitrogens is 1. The molecule has 1 aromatic rings. The van der Waals surface area contributed by atoms with Crippen LogP contribution in [0.15, 0.2) is 18.3 Å². The Morgan fingerprint density at radius 2 is 2.30 bits per heavy atom. The standard InChI is InChI=1S/C15H24N2O3/c1-3-5-9-20-15-13(7-6-8-16-15)10-17-14(19)12(4-2)11-18/h6-8,12,18H,3-5,9-11H2,1-2H3,(H,17,19). The van der Waals surface area contributed by atoms with Crippen LogP contribution in [0.1, 0.15) is 38.7 Å². The molecule has 0 saturated carbocycles. The highest BCUT2D eigenvalue weighted by Crippen LogP contribution is 2.15. The van der Waals surface area contributed by atoms with Gasteiger partial charge in [0.05, 0.1) is 19.1 Å². The Morgan fingerprint density at radius 3 is 2.95 bits per heavy atom. The van der Waals surface area contributed by atoms with Crippen LogP contribution >= 0.6 is 0 Å². The van der Waals surface area contributed by atoms with Gasteiger partial charge in [-0.2, -0.15) is 0 Å². The van der Waals surface area contributed by atoms with E-state index in [-0.39, 0.29) is 18.4 Å². The van der Waals surface area contributed by atoms with Gasteiger partial charge in [0.15, 0.2) is 0 Å². The number of aliphatic hydroxyl groups excluding tert-OH is 1. The first-order chi connectivity index (χ1) is 9.72. The summed E-state index contributed by atoms with van der Waals surface area (Å²) in [5.74, 6) is 0.0767. The second-order valence-electron chi connectivity index (χ2n) is 4.68. The Balaban J connectivity index is 2.56. The second-order valence-corrected chi connectivity index (χ2v) is 4.68. The van der Waals surface area contributed by atoms with Crippen molar-refractivity contribution < 1.29 is 14.6 Å². The number of carbonyl (C=O) groups is 1. The van der Waals surface area contributed by atoms with Gasteiger partial charge in [-0.1, -0.05) is 26.3 Å². The maximum Gasteiger partial charge on any atom is 0.225 e. The molecule has 0 radical (unpaired) electrons. The molecule has 112 valence electrons. The normalized spacial score (nSPS) is 11.9. The minimum absolute atomic E-state index is 0.130. The third-order valence-corrected chi connectivity index (χ3v) is 3.12. The molecular formula is C15H24N2O3. The summed E-state index contributed by atoms with van der Waals surface area (Å²) in [5, 5.41) is 11.9. The second kappa shape index (κ2) is 9.31. The average molecular weight is 280 g/mol. The molecule has 0 aliphatic heterocycles. The molecule has 0 bridgehead atoms. The van der Waals surface area contributed by atoms with Gasteiger partial charge >= 0.3 is 0 Å². The fourth-order valence-corrected chi connectivity index (χ4v) is 1.73. The van der Waals surface area contributed by atoms with E-state index in [2.05, 4.69) is 17.2 Å². The highest BCUT2D eigenvalue weighted by atomic mass is 16.5. The molecule has 0 saturated heterocycles. The number of carbonyl (C=O) groups excluding carboxylic acids is 1. The van der Waals surface area contributed by atoms with E-state index in [4.69, 9.17) is 9.84 Å². The number of unbranched alkanes of at least 4 members (excludes halogenated alkanes) is 1. The topological polar surface area (TPSA) is 71.5 Å². The molecule has 20 heavy (non-hydrogen) atoms. The Kier molecular flexibility index (Phi) is 7.65. The molecule has 5 heteroatoms. The highest BCUT2D eigenvalue weighted by molar-refractivity contribution is 5.78. The van der Waals surface area contributed by atoms with E-state index >= 15 is 0 Å². The van der Waals surface area contributed by atoms with Gasteiger partial charge in [-0.05, 0) is 18.9 Å². The predicted octanol–water partition coefficient (Wildman–Crippen LogP) is 1.90. The molecule has 1 amide bonds. The lowest BCUT2D eigenvalue weighted by Crippen LogP contribution is -2.32. The van der Waals surface area contributed by atoms with Crippen molar-refractivity contribution in [1.29, 1.82) is 0 Å². The predicted molar refractivity (Wildman–Crippen MR) is 77.4 cm³/mol. The van der Waals surface area contributed by atoms with Crippen molar-refractivity contribution in [1.82, 2.24) is 10.3 Å². The average Bonchev–Trinajstić information content (AvgIpc) is 2.48. The van der Waals surface area contributed by atoms with Crippen molar-refractivity contribution in [3.05, 3.63) is 23.9 Å². The van der Waals surface area contributed by atoms with Gasteiger partial charge in [-0.25, -0.2) is 4.98 Å². The lowest BCUT2D eigenvalue weighted by molar-refractivity contribution is -0.126. The van der Waals surface area contributed by atoms with E-state index in [1.54, 1.807) is 6.20 Å². The van der Waals surface area contributed by atoms with Crippen LogP contribution in [0.3, 0.4) is 0 Å². The molecule has 0 aliphatic rings. The van der Waals surface area contributed by atoms with Gasteiger partial charge in [0.25, 0.3) is 0 Å². The van der Waals surface area contributed by atoms with Crippen molar-refractivity contribution in [2.24, 2.45) is 5.92 Å². The molecular weight excluding hydrogens is 256 g/mol. The smallest absolute Gasteiger partial charge is 0.225 e. The summed E-state index contributed by atoms with van der Waals surface area (Å²) in [6, 6.07) is 3.70. The van der Waals surface area contributed by atoms with Crippen LogP contribution in [0.5, 0.6) is 5.88 Å². The molecule has 1 rings (SSSR count). The van der Waals surface area contributed by atoms with E-state index < -0.39 is 0 Å². The maximum atomic E-state index is 11.8. The Morgan fingerprint density at radius 1 is 1.50 bits per heavy atom. The van der Waals surface area contributed by atoms with E-state index in [0.717, 1.165) is 18.4 Å². The van der Waals surface area contributed by atoms with Crippen molar-refractivity contribution in [3.8, 4) is 5.88 Å². The summed E-state index contributed by atoms with van der Waals surface area (Å²) in [6.07, 6.45) is 4.34. The van der Waals surface area contributed by atoms with E-state index in [1.165, 1.54) is 0 Å². The number of hydrogen-bond donors (Lipinski definition) is 2. The molecule has 0 spiro atoms. The number of pyridine rings is 1. The van der Waals surface area contributed by atoms with Gasteiger partial charge in [0.1, 0.15) is 0 Å². The van der Waals surface area contributed by atoms with Crippen molar-refractivity contribution >= 4 is 5.91 Å². The Hall–Kier alpha value is -1.62. The summed E-state index contributed by atoms with van der Waals surface area (Å²) < 4.78 is 5.61. The fourth-order valence-electron chi connectivity index (χ4n) is 1.73.